The second-order valence-corrected chi connectivity index (χ2v) is 5.75. The van der Waals surface area contributed by atoms with Crippen molar-refractivity contribution >= 4 is 5.97 Å². The van der Waals surface area contributed by atoms with Crippen LogP contribution in [0.15, 0.2) is 73.1 Å². The predicted molar refractivity (Wildman–Crippen MR) is 94.8 cm³/mol. The maximum absolute atomic E-state index is 11.5. The van der Waals surface area contributed by atoms with Gasteiger partial charge in [-0.2, -0.15) is 0 Å². The Balaban J connectivity index is 1.84. The normalized spacial score (nSPS) is 10.8. The molecule has 0 bridgehead atoms. The minimum absolute atomic E-state index is 0.328. The number of pyridine rings is 2. The molecular formula is C20H19N3O2. The van der Waals surface area contributed by atoms with Crippen molar-refractivity contribution in [2.24, 2.45) is 0 Å². The van der Waals surface area contributed by atoms with Crippen LogP contribution in [0.3, 0.4) is 0 Å². The van der Waals surface area contributed by atoms with Crippen molar-refractivity contribution in [3.05, 3.63) is 95.6 Å². The summed E-state index contributed by atoms with van der Waals surface area (Å²) in [5, 5.41) is 9.41. The highest BCUT2D eigenvalue weighted by atomic mass is 16.4. The summed E-state index contributed by atoms with van der Waals surface area (Å²) < 4.78 is 0. The lowest BCUT2D eigenvalue weighted by Crippen LogP contribution is -2.24. The number of carboxylic acids is 1. The number of aromatic carboxylic acids is 1. The second kappa shape index (κ2) is 8.17. The van der Waals surface area contributed by atoms with Crippen molar-refractivity contribution in [1.82, 2.24) is 14.9 Å². The topological polar surface area (TPSA) is 66.3 Å². The highest BCUT2D eigenvalue weighted by Gasteiger charge is 2.14. The van der Waals surface area contributed by atoms with Gasteiger partial charge in [0.15, 0.2) is 0 Å². The highest BCUT2D eigenvalue weighted by Crippen LogP contribution is 2.16. The van der Waals surface area contributed by atoms with E-state index in [1.165, 1.54) is 0 Å². The van der Waals surface area contributed by atoms with E-state index in [1.807, 2.05) is 48.5 Å². The van der Waals surface area contributed by atoms with E-state index >= 15 is 0 Å². The maximum atomic E-state index is 11.5. The molecule has 0 unspecified atom stereocenters. The maximum Gasteiger partial charge on any atom is 0.336 e. The Morgan fingerprint density at radius 1 is 0.800 bits per heavy atom. The van der Waals surface area contributed by atoms with Crippen LogP contribution in [-0.4, -0.2) is 25.9 Å². The summed E-state index contributed by atoms with van der Waals surface area (Å²) in [6.45, 7) is 1.74. The Bertz CT molecular complexity index is 781. The fraction of sp³-hybridized carbons (Fsp3) is 0.150. The van der Waals surface area contributed by atoms with Crippen molar-refractivity contribution in [1.29, 1.82) is 0 Å². The summed E-state index contributed by atoms with van der Waals surface area (Å²) in [4.78, 5) is 22.4. The Morgan fingerprint density at radius 3 is 1.88 bits per heavy atom. The molecule has 0 aliphatic heterocycles. The third-order valence-corrected chi connectivity index (χ3v) is 3.87. The summed E-state index contributed by atoms with van der Waals surface area (Å²) in [6.07, 6.45) is 3.53. The zero-order valence-corrected chi connectivity index (χ0v) is 13.7. The quantitative estimate of drug-likeness (QED) is 0.718. The van der Waals surface area contributed by atoms with Crippen LogP contribution in [0.5, 0.6) is 0 Å². The zero-order chi connectivity index (χ0) is 17.5. The summed E-state index contributed by atoms with van der Waals surface area (Å²) in [6, 6.07) is 18.7. The average Bonchev–Trinajstić information content (AvgIpc) is 2.63. The van der Waals surface area contributed by atoms with Gasteiger partial charge in [0.25, 0.3) is 0 Å². The van der Waals surface area contributed by atoms with Crippen LogP contribution in [0.1, 0.15) is 27.3 Å². The monoisotopic (exact) mass is 333 g/mol. The SMILES string of the molecule is O=C(O)c1ccccc1CN(Cc1ccccn1)Cc1ccccn1. The van der Waals surface area contributed by atoms with Crippen LogP contribution in [0.2, 0.25) is 0 Å². The first-order valence-corrected chi connectivity index (χ1v) is 8.06. The molecule has 126 valence electrons. The van der Waals surface area contributed by atoms with Gasteiger partial charge in [0.05, 0.1) is 17.0 Å². The van der Waals surface area contributed by atoms with Gasteiger partial charge in [0, 0.05) is 32.0 Å². The third kappa shape index (κ3) is 4.71. The standard InChI is InChI=1S/C20H19N3O2/c24-20(25)19-10-2-1-7-16(19)13-23(14-17-8-3-5-11-21-17)15-18-9-4-6-12-22-18/h1-12H,13-15H2,(H,24,25). The van der Waals surface area contributed by atoms with E-state index in [0.29, 0.717) is 25.2 Å². The molecule has 0 fully saturated rings. The Kier molecular flexibility index (Phi) is 5.49. The predicted octanol–water partition coefficient (Wildman–Crippen LogP) is 3.38. The van der Waals surface area contributed by atoms with E-state index < -0.39 is 5.97 Å². The number of carbonyl (C=O) groups is 1. The number of benzene rings is 1. The van der Waals surface area contributed by atoms with Crippen molar-refractivity contribution in [2.45, 2.75) is 19.6 Å². The van der Waals surface area contributed by atoms with Gasteiger partial charge in [0.2, 0.25) is 0 Å². The molecular weight excluding hydrogens is 314 g/mol. The Hall–Kier alpha value is -3.05. The van der Waals surface area contributed by atoms with E-state index in [4.69, 9.17) is 0 Å². The lowest BCUT2D eigenvalue weighted by molar-refractivity contribution is 0.0694. The Labute approximate surface area is 146 Å². The van der Waals surface area contributed by atoms with Crippen LogP contribution in [0.25, 0.3) is 0 Å². The van der Waals surface area contributed by atoms with E-state index in [1.54, 1.807) is 24.5 Å². The van der Waals surface area contributed by atoms with Gasteiger partial charge in [-0.1, -0.05) is 30.3 Å². The highest BCUT2D eigenvalue weighted by molar-refractivity contribution is 5.89. The fourth-order valence-corrected chi connectivity index (χ4v) is 2.72. The van der Waals surface area contributed by atoms with Gasteiger partial charge in [-0.15, -0.1) is 0 Å². The van der Waals surface area contributed by atoms with Gasteiger partial charge >= 0.3 is 5.97 Å². The molecule has 5 nitrogen and oxygen atoms in total. The molecule has 0 spiro atoms. The molecule has 2 heterocycles. The molecule has 0 saturated carbocycles. The van der Waals surface area contributed by atoms with Crippen LogP contribution >= 0.6 is 0 Å². The van der Waals surface area contributed by atoms with E-state index in [-0.39, 0.29) is 0 Å². The largest absolute Gasteiger partial charge is 0.478 e. The lowest BCUT2D eigenvalue weighted by atomic mass is 10.1. The van der Waals surface area contributed by atoms with Crippen molar-refractivity contribution < 1.29 is 9.90 Å². The van der Waals surface area contributed by atoms with E-state index in [2.05, 4.69) is 14.9 Å². The molecule has 1 aromatic carbocycles. The Morgan fingerprint density at radius 2 is 1.36 bits per heavy atom. The first kappa shape index (κ1) is 16.8. The minimum atomic E-state index is -0.911. The first-order chi connectivity index (χ1) is 12.2. The molecule has 0 saturated heterocycles. The molecule has 2 aromatic heterocycles. The number of aromatic nitrogens is 2. The van der Waals surface area contributed by atoms with Crippen LogP contribution in [0, 0.1) is 0 Å². The van der Waals surface area contributed by atoms with Gasteiger partial charge < -0.3 is 5.11 Å². The summed E-state index contributed by atoms with van der Waals surface area (Å²) in [5.74, 6) is -0.911. The zero-order valence-electron chi connectivity index (χ0n) is 13.7. The van der Waals surface area contributed by atoms with Crippen LogP contribution in [0.4, 0.5) is 0 Å². The van der Waals surface area contributed by atoms with Crippen molar-refractivity contribution in [3.8, 4) is 0 Å². The summed E-state index contributed by atoms with van der Waals surface area (Å²) in [7, 11) is 0. The van der Waals surface area contributed by atoms with Crippen molar-refractivity contribution in [3.63, 3.8) is 0 Å². The third-order valence-electron chi connectivity index (χ3n) is 3.87. The second-order valence-electron chi connectivity index (χ2n) is 5.75. The fourth-order valence-electron chi connectivity index (χ4n) is 2.72. The number of carboxylic acid groups (broad SMARTS) is 1. The number of nitrogens with zero attached hydrogens (tertiary/aromatic N) is 3. The molecule has 0 amide bonds. The summed E-state index contributed by atoms with van der Waals surface area (Å²) in [5.41, 5.74) is 2.98. The molecule has 0 aliphatic carbocycles. The molecule has 5 heteroatoms. The van der Waals surface area contributed by atoms with Gasteiger partial charge in [0.1, 0.15) is 0 Å². The smallest absolute Gasteiger partial charge is 0.336 e. The first-order valence-electron chi connectivity index (χ1n) is 8.06. The van der Waals surface area contributed by atoms with Crippen LogP contribution < -0.4 is 0 Å². The van der Waals surface area contributed by atoms with Gasteiger partial charge in [-0.3, -0.25) is 14.9 Å². The molecule has 1 N–H and O–H groups in total. The van der Waals surface area contributed by atoms with Gasteiger partial charge in [-0.05, 0) is 35.9 Å². The molecule has 0 aliphatic rings. The molecule has 3 rings (SSSR count). The van der Waals surface area contributed by atoms with E-state index in [0.717, 1.165) is 17.0 Å². The molecule has 25 heavy (non-hydrogen) atoms. The van der Waals surface area contributed by atoms with Gasteiger partial charge in [-0.25, -0.2) is 4.79 Å². The van der Waals surface area contributed by atoms with E-state index in [9.17, 15) is 9.90 Å². The van der Waals surface area contributed by atoms with Crippen molar-refractivity contribution in [2.75, 3.05) is 0 Å². The molecule has 0 radical (unpaired) electrons. The summed E-state index contributed by atoms with van der Waals surface area (Å²) >= 11 is 0. The van der Waals surface area contributed by atoms with Crippen LogP contribution in [-0.2, 0) is 19.6 Å². The number of hydrogen-bond acceptors (Lipinski definition) is 4. The minimum Gasteiger partial charge on any atom is -0.478 e. The molecule has 3 aromatic rings. The number of hydrogen-bond donors (Lipinski definition) is 1. The average molecular weight is 333 g/mol. The number of rotatable bonds is 7. The molecule has 0 atom stereocenters. The lowest BCUT2D eigenvalue weighted by Gasteiger charge is -2.22.